The van der Waals surface area contributed by atoms with Gasteiger partial charge in [-0.1, -0.05) is 15.9 Å². The van der Waals surface area contributed by atoms with Crippen molar-refractivity contribution in [2.24, 2.45) is 0 Å². The smallest absolute Gasteiger partial charge is 0.287 e. The van der Waals surface area contributed by atoms with Gasteiger partial charge in [0.2, 0.25) is 0 Å². The second kappa shape index (κ2) is 6.43. The summed E-state index contributed by atoms with van der Waals surface area (Å²) in [4.78, 5) is 24.9. The number of hydrogen-bond donors (Lipinski definition) is 1. The molecule has 1 amide bonds. The molecule has 100 valence electrons. The molecule has 0 spiro atoms. The van der Waals surface area contributed by atoms with Gasteiger partial charge in [-0.2, -0.15) is 0 Å². The molecule has 0 bridgehead atoms. The maximum absolute atomic E-state index is 12.3. The number of aromatic nitrogens is 1. The van der Waals surface area contributed by atoms with Crippen molar-refractivity contribution in [2.45, 2.75) is 6.43 Å². The van der Waals surface area contributed by atoms with E-state index in [0.717, 1.165) is 17.2 Å². The molecular weight excluding hydrogens is 316 g/mol. The van der Waals surface area contributed by atoms with Gasteiger partial charge >= 0.3 is 0 Å². The van der Waals surface area contributed by atoms with Crippen molar-refractivity contribution in [3.05, 3.63) is 28.1 Å². The molecular formula is C9H10BrF2N3O3. The van der Waals surface area contributed by atoms with E-state index in [0.29, 0.717) is 5.33 Å². The number of aromatic amines is 1. The van der Waals surface area contributed by atoms with E-state index < -0.39 is 23.8 Å². The number of carbonyl (C=O) groups is 1. The molecule has 0 radical (unpaired) electrons. The fraction of sp³-hybridized carbons (Fsp3) is 0.444. The third-order valence-corrected chi connectivity index (χ3v) is 2.46. The van der Waals surface area contributed by atoms with E-state index in [1.54, 1.807) is 0 Å². The molecule has 9 heteroatoms. The third-order valence-electron chi connectivity index (χ3n) is 2.11. The van der Waals surface area contributed by atoms with Crippen molar-refractivity contribution in [1.29, 1.82) is 0 Å². The Morgan fingerprint density at radius 3 is 2.72 bits per heavy atom. The summed E-state index contributed by atoms with van der Waals surface area (Å²) in [5.41, 5.74) is -0.363. The van der Waals surface area contributed by atoms with E-state index in [2.05, 4.69) is 20.9 Å². The summed E-state index contributed by atoms with van der Waals surface area (Å²) < 4.78 is 24.6. The minimum Gasteiger partial charge on any atom is -0.351 e. The minimum atomic E-state index is -2.65. The quantitative estimate of drug-likeness (QED) is 0.493. The highest BCUT2D eigenvalue weighted by molar-refractivity contribution is 9.09. The second-order valence-electron chi connectivity index (χ2n) is 3.36. The Morgan fingerprint density at radius 1 is 1.61 bits per heavy atom. The molecule has 1 aromatic heterocycles. The summed E-state index contributed by atoms with van der Waals surface area (Å²) in [6.45, 7) is -0.618. The largest absolute Gasteiger partial charge is 0.351 e. The monoisotopic (exact) mass is 325 g/mol. The maximum atomic E-state index is 12.3. The van der Waals surface area contributed by atoms with Crippen molar-refractivity contribution in [3.63, 3.8) is 0 Å². The van der Waals surface area contributed by atoms with Crippen LogP contribution in [0.3, 0.4) is 0 Å². The Hall–Kier alpha value is -1.51. The summed E-state index contributed by atoms with van der Waals surface area (Å²) in [5.74, 6) is -0.692. The van der Waals surface area contributed by atoms with E-state index in [4.69, 9.17) is 0 Å². The molecule has 0 unspecified atom stereocenters. The van der Waals surface area contributed by atoms with Gasteiger partial charge in [-0.05, 0) is 0 Å². The Kier molecular flexibility index (Phi) is 5.20. The molecule has 1 heterocycles. The van der Waals surface area contributed by atoms with Gasteiger partial charge in [-0.3, -0.25) is 14.9 Å². The lowest BCUT2D eigenvalue weighted by Crippen LogP contribution is -2.36. The molecule has 0 fully saturated rings. The van der Waals surface area contributed by atoms with Crippen LogP contribution in [0.2, 0.25) is 0 Å². The molecule has 0 saturated heterocycles. The Balaban J connectivity index is 2.83. The van der Waals surface area contributed by atoms with Crippen molar-refractivity contribution < 1.29 is 18.5 Å². The van der Waals surface area contributed by atoms with Crippen molar-refractivity contribution in [2.75, 3.05) is 18.4 Å². The standard InChI is InChI=1S/C9H10BrF2N3O3/c10-1-2-14(5-8(11)12)9(16)7-3-6(4-13-7)15(17)18/h3-4,8,13H,1-2,5H2. The van der Waals surface area contributed by atoms with Crippen molar-refractivity contribution >= 4 is 27.5 Å². The SMILES string of the molecule is O=C(c1cc([N+](=O)[O-])c[nH]1)N(CCBr)CC(F)F. The van der Waals surface area contributed by atoms with E-state index >= 15 is 0 Å². The van der Waals surface area contributed by atoms with Crippen molar-refractivity contribution in [3.8, 4) is 0 Å². The molecule has 1 aromatic rings. The van der Waals surface area contributed by atoms with Gasteiger partial charge < -0.3 is 9.88 Å². The van der Waals surface area contributed by atoms with Crippen LogP contribution in [-0.2, 0) is 0 Å². The average Bonchev–Trinajstić information content (AvgIpc) is 2.76. The van der Waals surface area contributed by atoms with E-state index in [1.165, 1.54) is 0 Å². The van der Waals surface area contributed by atoms with Gasteiger partial charge in [0.1, 0.15) is 5.69 Å². The fourth-order valence-electron chi connectivity index (χ4n) is 1.33. The lowest BCUT2D eigenvalue weighted by atomic mass is 10.3. The number of alkyl halides is 3. The number of rotatable bonds is 6. The molecule has 0 aliphatic rings. The molecule has 0 aliphatic heterocycles. The molecule has 0 atom stereocenters. The third kappa shape index (κ3) is 3.76. The van der Waals surface area contributed by atoms with Gasteiger partial charge in [0.05, 0.1) is 17.7 Å². The van der Waals surface area contributed by atoms with Gasteiger partial charge in [0, 0.05) is 17.9 Å². The molecule has 0 saturated carbocycles. The number of hydrogen-bond acceptors (Lipinski definition) is 3. The topological polar surface area (TPSA) is 79.2 Å². The predicted octanol–water partition coefficient (Wildman–Crippen LogP) is 2.03. The first-order valence-electron chi connectivity index (χ1n) is 4.92. The summed E-state index contributed by atoms with van der Waals surface area (Å²) in [6, 6.07) is 1.02. The number of carbonyl (C=O) groups excluding carboxylic acids is 1. The van der Waals surface area contributed by atoms with Gasteiger partial charge in [-0.25, -0.2) is 8.78 Å². The molecule has 0 aliphatic carbocycles. The first-order chi connectivity index (χ1) is 8.45. The number of amides is 1. The minimum absolute atomic E-state index is 0.0803. The highest BCUT2D eigenvalue weighted by Gasteiger charge is 2.22. The number of nitrogens with one attached hydrogen (secondary N) is 1. The zero-order valence-electron chi connectivity index (χ0n) is 9.11. The zero-order valence-corrected chi connectivity index (χ0v) is 10.7. The molecule has 18 heavy (non-hydrogen) atoms. The van der Waals surface area contributed by atoms with Crippen LogP contribution in [0.25, 0.3) is 0 Å². The van der Waals surface area contributed by atoms with Crippen molar-refractivity contribution in [1.82, 2.24) is 9.88 Å². The van der Waals surface area contributed by atoms with Crippen LogP contribution >= 0.6 is 15.9 Å². The Labute approximate surface area is 109 Å². The predicted molar refractivity (Wildman–Crippen MR) is 63.1 cm³/mol. The summed E-state index contributed by atoms with van der Waals surface area (Å²) in [5, 5.41) is 10.8. The average molecular weight is 326 g/mol. The van der Waals surface area contributed by atoms with Crippen LogP contribution in [-0.4, -0.2) is 45.6 Å². The zero-order chi connectivity index (χ0) is 13.7. The number of nitro groups is 1. The Bertz CT molecular complexity index is 438. The molecule has 6 nitrogen and oxygen atoms in total. The highest BCUT2D eigenvalue weighted by atomic mass is 79.9. The first kappa shape index (κ1) is 14.6. The summed E-state index contributed by atoms with van der Waals surface area (Å²) >= 11 is 3.05. The van der Waals surface area contributed by atoms with Crippen LogP contribution in [0, 0.1) is 10.1 Å². The second-order valence-corrected chi connectivity index (χ2v) is 4.15. The number of nitrogens with zero attached hydrogens (tertiary/aromatic N) is 2. The molecule has 0 aromatic carbocycles. The van der Waals surface area contributed by atoms with Gasteiger partial charge in [0.25, 0.3) is 18.0 Å². The fourth-order valence-corrected chi connectivity index (χ4v) is 1.75. The summed E-state index contributed by atoms with van der Waals surface area (Å²) in [6.07, 6.45) is -1.61. The van der Waals surface area contributed by atoms with Crippen LogP contribution in [0.15, 0.2) is 12.3 Å². The lowest BCUT2D eigenvalue weighted by Gasteiger charge is -2.20. The summed E-state index contributed by atoms with van der Waals surface area (Å²) in [7, 11) is 0. The highest BCUT2D eigenvalue weighted by Crippen LogP contribution is 2.14. The Morgan fingerprint density at radius 2 is 2.28 bits per heavy atom. The first-order valence-corrected chi connectivity index (χ1v) is 6.04. The van der Waals surface area contributed by atoms with Gasteiger partial charge in [-0.15, -0.1) is 0 Å². The van der Waals surface area contributed by atoms with Crippen LogP contribution in [0.1, 0.15) is 10.5 Å². The molecule has 1 N–H and O–H groups in total. The number of H-pyrrole nitrogens is 1. The van der Waals surface area contributed by atoms with Crippen LogP contribution < -0.4 is 0 Å². The van der Waals surface area contributed by atoms with Gasteiger partial charge in [0.15, 0.2) is 0 Å². The van der Waals surface area contributed by atoms with Crippen LogP contribution in [0.5, 0.6) is 0 Å². The van der Waals surface area contributed by atoms with E-state index in [9.17, 15) is 23.7 Å². The van der Waals surface area contributed by atoms with Crippen LogP contribution in [0.4, 0.5) is 14.5 Å². The van der Waals surface area contributed by atoms with E-state index in [1.807, 2.05) is 0 Å². The lowest BCUT2D eigenvalue weighted by molar-refractivity contribution is -0.384. The number of halogens is 3. The normalized spacial score (nSPS) is 10.7. The maximum Gasteiger partial charge on any atom is 0.287 e. The van der Waals surface area contributed by atoms with E-state index in [-0.39, 0.29) is 17.9 Å². The molecule has 1 rings (SSSR count).